The number of rotatable bonds is 5. The fourth-order valence-electron chi connectivity index (χ4n) is 1.38. The second kappa shape index (κ2) is 4.24. The highest BCUT2D eigenvalue weighted by Crippen LogP contribution is 2.35. The molecular weight excluding hydrogens is 268 g/mol. The molecule has 0 bridgehead atoms. The van der Waals surface area contributed by atoms with Gasteiger partial charge in [-0.25, -0.2) is 14.1 Å². The van der Waals surface area contributed by atoms with E-state index in [2.05, 4.69) is 4.98 Å². The fourth-order valence-corrected chi connectivity index (χ4v) is 3.19. The lowest BCUT2D eigenvalue weighted by atomic mass is 10.4. The van der Waals surface area contributed by atoms with Crippen LogP contribution in [0.1, 0.15) is 23.3 Å². The summed E-state index contributed by atoms with van der Waals surface area (Å²) in [4.78, 5) is 14.4. The molecule has 94 valence electrons. The minimum absolute atomic E-state index is 0.0492. The number of carbonyl (C=O) groups is 1. The molecule has 7 nitrogen and oxygen atoms in total. The summed E-state index contributed by atoms with van der Waals surface area (Å²) in [6.07, 6.45) is 1.76. The van der Waals surface area contributed by atoms with Crippen molar-refractivity contribution in [3.8, 4) is 0 Å². The maximum absolute atomic E-state index is 11.2. The predicted molar refractivity (Wildman–Crippen MR) is 60.7 cm³/mol. The van der Waals surface area contributed by atoms with Gasteiger partial charge in [-0.2, -0.15) is 8.42 Å². The molecule has 1 aliphatic rings. The first-order valence-corrected chi connectivity index (χ1v) is 7.09. The van der Waals surface area contributed by atoms with Gasteiger partial charge < -0.3 is 5.11 Å². The fraction of sp³-hybridized carbons (Fsp3) is 0.500. The lowest BCUT2D eigenvalue weighted by Gasteiger charge is -2.18. The van der Waals surface area contributed by atoms with Crippen molar-refractivity contribution in [2.45, 2.75) is 12.8 Å². The van der Waals surface area contributed by atoms with Gasteiger partial charge in [0, 0.05) is 6.54 Å². The van der Waals surface area contributed by atoms with Crippen LogP contribution in [0.2, 0.25) is 0 Å². The van der Waals surface area contributed by atoms with E-state index in [1.165, 1.54) is 5.51 Å². The summed E-state index contributed by atoms with van der Waals surface area (Å²) in [5.41, 5.74) is 0.886. The van der Waals surface area contributed by atoms with Crippen LogP contribution in [0.4, 0.5) is 5.00 Å². The molecule has 0 saturated heterocycles. The van der Waals surface area contributed by atoms with Gasteiger partial charge in [0.1, 0.15) is 5.00 Å². The highest BCUT2D eigenvalue weighted by Gasteiger charge is 2.33. The SMILES string of the molecule is O=C(O)c1ncsc1N(CC1CC1)S(=O)(=O)O. The maximum atomic E-state index is 11.2. The molecule has 1 fully saturated rings. The number of nitrogens with zero attached hydrogens (tertiary/aromatic N) is 2. The second-order valence-corrected chi connectivity index (χ2v) is 5.93. The van der Waals surface area contributed by atoms with E-state index in [9.17, 15) is 13.2 Å². The molecule has 0 spiro atoms. The highest BCUT2D eigenvalue weighted by atomic mass is 32.2. The summed E-state index contributed by atoms with van der Waals surface area (Å²) < 4.78 is 32.3. The van der Waals surface area contributed by atoms with Crippen molar-refractivity contribution in [2.75, 3.05) is 10.8 Å². The average molecular weight is 278 g/mol. The number of hydrogen-bond acceptors (Lipinski definition) is 5. The predicted octanol–water partition coefficient (Wildman–Crippen LogP) is 0.861. The van der Waals surface area contributed by atoms with Crippen molar-refractivity contribution >= 4 is 32.6 Å². The number of aromatic carboxylic acids is 1. The van der Waals surface area contributed by atoms with Gasteiger partial charge in [0.2, 0.25) is 0 Å². The molecule has 0 radical (unpaired) electrons. The van der Waals surface area contributed by atoms with Crippen molar-refractivity contribution in [3.05, 3.63) is 11.2 Å². The van der Waals surface area contributed by atoms with E-state index >= 15 is 0 Å². The van der Waals surface area contributed by atoms with Crippen molar-refractivity contribution in [2.24, 2.45) is 5.92 Å². The van der Waals surface area contributed by atoms with E-state index < -0.39 is 16.3 Å². The van der Waals surface area contributed by atoms with Crippen molar-refractivity contribution < 1.29 is 22.9 Å². The van der Waals surface area contributed by atoms with E-state index in [0.717, 1.165) is 24.2 Å². The topological polar surface area (TPSA) is 108 Å². The molecule has 1 aromatic heterocycles. The Morgan fingerprint density at radius 3 is 2.71 bits per heavy atom. The quantitative estimate of drug-likeness (QED) is 0.773. The molecule has 9 heteroatoms. The van der Waals surface area contributed by atoms with Crippen LogP contribution in [-0.4, -0.2) is 35.6 Å². The van der Waals surface area contributed by atoms with E-state index in [4.69, 9.17) is 9.66 Å². The first-order chi connectivity index (χ1) is 7.89. The van der Waals surface area contributed by atoms with Gasteiger partial charge in [-0.1, -0.05) is 0 Å². The van der Waals surface area contributed by atoms with Crippen LogP contribution in [0.3, 0.4) is 0 Å². The molecule has 1 saturated carbocycles. The van der Waals surface area contributed by atoms with E-state index in [1.807, 2.05) is 0 Å². The van der Waals surface area contributed by atoms with Gasteiger partial charge in [0.25, 0.3) is 0 Å². The minimum atomic E-state index is -4.46. The first-order valence-electron chi connectivity index (χ1n) is 4.81. The number of aromatic nitrogens is 1. The molecule has 0 aromatic carbocycles. The zero-order valence-corrected chi connectivity index (χ0v) is 10.2. The van der Waals surface area contributed by atoms with Crippen molar-refractivity contribution in [3.63, 3.8) is 0 Å². The summed E-state index contributed by atoms with van der Waals surface area (Å²) in [7, 11) is -4.46. The van der Waals surface area contributed by atoms with Gasteiger partial charge >= 0.3 is 16.3 Å². The van der Waals surface area contributed by atoms with E-state index in [1.54, 1.807) is 0 Å². The molecule has 1 aromatic rings. The number of hydrogen-bond donors (Lipinski definition) is 2. The van der Waals surface area contributed by atoms with Gasteiger partial charge in [-0.15, -0.1) is 11.3 Å². The van der Waals surface area contributed by atoms with Crippen LogP contribution in [0.25, 0.3) is 0 Å². The molecule has 17 heavy (non-hydrogen) atoms. The summed E-state index contributed by atoms with van der Waals surface area (Å²) in [5, 5.41) is 8.81. The summed E-state index contributed by atoms with van der Waals surface area (Å²) >= 11 is 0.877. The van der Waals surface area contributed by atoms with Crippen molar-refractivity contribution in [1.29, 1.82) is 0 Å². The molecule has 2 rings (SSSR count). The Labute approximate surface area is 102 Å². The molecule has 0 atom stereocenters. The van der Waals surface area contributed by atoms with Crippen LogP contribution in [0, 0.1) is 5.92 Å². The number of carboxylic acids is 1. The van der Waals surface area contributed by atoms with Gasteiger partial charge in [-0.3, -0.25) is 4.55 Å². The van der Waals surface area contributed by atoms with E-state index in [-0.39, 0.29) is 23.2 Å². The summed E-state index contributed by atoms with van der Waals surface area (Å²) in [6, 6.07) is 0. The summed E-state index contributed by atoms with van der Waals surface area (Å²) in [5.74, 6) is -1.13. The van der Waals surface area contributed by atoms with Crippen LogP contribution < -0.4 is 4.31 Å². The third-order valence-corrected chi connectivity index (χ3v) is 4.23. The molecule has 2 N–H and O–H groups in total. The van der Waals surface area contributed by atoms with Gasteiger partial charge in [-0.05, 0) is 18.8 Å². The maximum Gasteiger partial charge on any atom is 0.360 e. The molecule has 0 unspecified atom stereocenters. The minimum Gasteiger partial charge on any atom is -0.476 e. The lowest BCUT2D eigenvalue weighted by Crippen LogP contribution is -2.32. The zero-order chi connectivity index (χ0) is 12.6. The third kappa shape index (κ3) is 2.73. The monoisotopic (exact) mass is 278 g/mol. The molecule has 1 heterocycles. The van der Waals surface area contributed by atoms with E-state index in [0.29, 0.717) is 4.31 Å². The number of anilines is 1. The normalized spacial score (nSPS) is 15.8. The van der Waals surface area contributed by atoms with Gasteiger partial charge in [0.05, 0.1) is 5.51 Å². The largest absolute Gasteiger partial charge is 0.476 e. The van der Waals surface area contributed by atoms with Gasteiger partial charge in [0.15, 0.2) is 5.69 Å². The highest BCUT2D eigenvalue weighted by molar-refractivity contribution is 7.87. The Balaban J connectivity index is 2.37. The Bertz CT molecular complexity index is 534. The second-order valence-electron chi connectivity index (χ2n) is 3.76. The van der Waals surface area contributed by atoms with Crippen LogP contribution in [0.15, 0.2) is 5.51 Å². The summed E-state index contributed by atoms with van der Waals surface area (Å²) in [6.45, 7) is 0.0985. The third-order valence-electron chi connectivity index (χ3n) is 2.38. The lowest BCUT2D eigenvalue weighted by molar-refractivity contribution is 0.0692. The van der Waals surface area contributed by atoms with Crippen molar-refractivity contribution in [1.82, 2.24) is 4.98 Å². The number of carboxylic acid groups (broad SMARTS) is 1. The molecule has 0 amide bonds. The standard InChI is InChI=1S/C8H10N2O5S2/c11-8(12)6-7(16-4-9-6)10(17(13,14)15)3-5-1-2-5/h4-5H,1-3H2,(H,11,12)(H,13,14,15). The Morgan fingerprint density at radius 2 is 2.24 bits per heavy atom. The average Bonchev–Trinajstić information content (AvgIpc) is 2.88. The van der Waals surface area contributed by atoms with Crippen LogP contribution in [-0.2, 0) is 10.3 Å². The molecular formula is C8H10N2O5S2. The Hall–Kier alpha value is -1.19. The Kier molecular flexibility index (Phi) is 3.06. The molecule has 1 aliphatic carbocycles. The zero-order valence-electron chi connectivity index (χ0n) is 8.61. The smallest absolute Gasteiger partial charge is 0.360 e. The van der Waals surface area contributed by atoms with Crippen LogP contribution in [0.5, 0.6) is 0 Å². The van der Waals surface area contributed by atoms with Crippen LogP contribution >= 0.6 is 11.3 Å². The Morgan fingerprint density at radius 1 is 1.59 bits per heavy atom. The molecule has 0 aliphatic heterocycles. The number of thiazole rings is 1. The first kappa shape index (κ1) is 12.3.